The van der Waals surface area contributed by atoms with Crippen molar-refractivity contribution in [3.8, 4) is 11.3 Å². The van der Waals surface area contributed by atoms with Crippen molar-refractivity contribution < 1.29 is 9.21 Å². The Hall–Kier alpha value is -1.85. The first-order valence-electron chi connectivity index (χ1n) is 8.88. The largest absolute Gasteiger partial charge is 0.441 e. The molecular weight excluding hydrogens is 338 g/mol. The molecule has 0 radical (unpaired) electrons. The number of halogens is 1. The number of benzene rings is 1. The molecule has 1 aromatic heterocycles. The summed E-state index contributed by atoms with van der Waals surface area (Å²) in [4.78, 5) is 18.9. The highest BCUT2D eigenvalue weighted by Gasteiger charge is 2.25. The molecule has 1 N–H and O–H groups in total. The van der Waals surface area contributed by atoms with Crippen LogP contribution in [0.15, 0.2) is 34.9 Å². The van der Waals surface area contributed by atoms with Gasteiger partial charge in [-0.2, -0.15) is 0 Å². The molecule has 1 aliphatic rings. The second-order valence-electron chi connectivity index (χ2n) is 6.36. The van der Waals surface area contributed by atoms with Crippen LogP contribution >= 0.6 is 11.6 Å². The minimum absolute atomic E-state index is 0.182. The number of carbonyl (C=O) groups is 1. The van der Waals surface area contributed by atoms with Crippen molar-refractivity contribution in [1.82, 2.24) is 15.2 Å². The van der Waals surface area contributed by atoms with Gasteiger partial charge in [0.05, 0.1) is 6.20 Å². The van der Waals surface area contributed by atoms with Crippen LogP contribution in [-0.4, -0.2) is 41.5 Å². The topological polar surface area (TPSA) is 58.4 Å². The number of rotatable bonds is 7. The third-order valence-electron chi connectivity index (χ3n) is 4.49. The summed E-state index contributed by atoms with van der Waals surface area (Å²) in [6.07, 6.45) is 4.66. The van der Waals surface area contributed by atoms with Crippen molar-refractivity contribution in [1.29, 1.82) is 0 Å². The average Bonchev–Trinajstić information content (AvgIpc) is 3.30. The number of hydrogen-bond acceptors (Lipinski definition) is 4. The zero-order valence-electron chi connectivity index (χ0n) is 14.5. The summed E-state index contributed by atoms with van der Waals surface area (Å²) in [5.41, 5.74) is 0.930. The van der Waals surface area contributed by atoms with Crippen molar-refractivity contribution in [2.24, 2.45) is 0 Å². The van der Waals surface area contributed by atoms with E-state index in [9.17, 15) is 4.79 Å². The molecule has 25 heavy (non-hydrogen) atoms. The lowest BCUT2D eigenvalue weighted by atomic mass is 10.1. The summed E-state index contributed by atoms with van der Waals surface area (Å²) in [6.45, 7) is 4.80. The molecule has 1 aromatic carbocycles. The van der Waals surface area contributed by atoms with Crippen molar-refractivity contribution in [3.63, 3.8) is 0 Å². The summed E-state index contributed by atoms with van der Waals surface area (Å²) in [5.74, 6) is 1.48. The molecule has 134 valence electrons. The van der Waals surface area contributed by atoms with Crippen LogP contribution in [0, 0.1) is 0 Å². The fourth-order valence-electron chi connectivity index (χ4n) is 3.19. The third kappa shape index (κ3) is 4.61. The summed E-state index contributed by atoms with van der Waals surface area (Å²) < 4.78 is 5.79. The van der Waals surface area contributed by atoms with E-state index in [0.717, 1.165) is 38.0 Å². The Kier molecular flexibility index (Phi) is 6.10. The van der Waals surface area contributed by atoms with E-state index < -0.39 is 0 Å². The molecule has 0 spiro atoms. The normalized spacial score (nSPS) is 17.0. The lowest BCUT2D eigenvalue weighted by Crippen LogP contribution is -2.42. The maximum absolute atomic E-state index is 12.6. The molecule has 3 rings (SSSR count). The molecule has 1 saturated heterocycles. The van der Waals surface area contributed by atoms with Crippen LogP contribution < -0.4 is 5.32 Å². The molecule has 1 amide bonds. The molecule has 1 unspecified atom stereocenters. The van der Waals surface area contributed by atoms with Crippen LogP contribution in [0.5, 0.6) is 0 Å². The first-order valence-corrected chi connectivity index (χ1v) is 9.26. The van der Waals surface area contributed by atoms with E-state index in [4.69, 9.17) is 16.0 Å². The van der Waals surface area contributed by atoms with Crippen LogP contribution in [-0.2, 0) is 11.2 Å². The van der Waals surface area contributed by atoms with E-state index in [-0.39, 0.29) is 5.91 Å². The summed E-state index contributed by atoms with van der Waals surface area (Å²) in [5, 5.41) is 4.02. The quantitative estimate of drug-likeness (QED) is 0.819. The molecule has 6 heteroatoms. The summed E-state index contributed by atoms with van der Waals surface area (Å²) in [7, 11) is 0. The Morgan fingerprint density at radius 1 is 1.40 bits per heavy atom. The Labute approximate surface area is 153 Å². The van der Waals surface area contributed by atoms with Gasteiger partial charge >= 0.3 is 0 Å². The van der Waals surface area contributed by atoms with Gasteiger partial charge in [-0.15, -0.1) is 0 Å². The fraction of sp³-hybridized carbons (Fsp3) is 0.474. The number of hydrogen-bond donors (Lipinski definition) is 1. The van der Waals surface area contributed by atoms with Crippen LogP contribution in [0.2, 0.25) is 5.02 Å². The van der Waals surface area contributed by atoms with Crippen LogP contribution in [0.1, 0.15) is 32.1 Å². The van der Waals surface area contributed by atoms with Crippen LogP contribution in [0.3, 0.4) is 0 Å². The number of nitrogens with zero attached hydrogens (tertiary/aromatic N) is 2. The molecule has 1 fully saturated rings. The van der Waals surface area contributed by atoms with Gasteiger partial charge in [-0.3, -0.25) is 4.79 Å². The van der Waals surface area contributed by atoms with Crippen molar-refractivity contribution in [2.45, 2.75) is 38.6 Å². The standard InChI is InChI=1S/C19H24ClN3O2/c1-2-11-23(16-9-10-21-12-16)19(24)8-7-18-22-13-17(25-18)14-3-5-15(20)6-4-14/h3-6,13,16,21H,2,7-12H2,1H3. The van der Waals surface area contributed by atoms with E-state index >= 15 is 0 Å². The highest BCUT2D eigenvalue weighted by atomic mass is 35.5. The van der Waals surface area contributed by atoms with Gasteiger partial charge in [-0.05, 0) is 43.7 Å². The van der Waals surface area contributed by atoms with E-state index in [1.807, 2.05) is 29.2 Å². The second-order valence-corrected chi connectivity index (χ2v) is 6.80. The Balaban J connectivity index is 1.59. The maximum Gasteiger partial charge on any atom is 0.223 e. The molecule has 1 aliphatic heterocycles. The summed E-state index contributed by atoms with van der Waals surface area (Å²) >= 11 is 5.91. The van der Waals surface area contributed by atoms with E-state index in [1.54, 1.807) is 6.20 Å². The van der Waals surface area contributed by atoms with Gasteiger partial charge in [0, 0.05) is 42.6 Å². The predicted octanol–water partition coefficient (Wildman–Crippen LogP) is 3.53. The van der Waals surface area contributed by atoms with E-state index in [0.29, 0.717) is 35.6 Å². The smallest absolute Gasteiger partial charge is 0.223 e. The van der Waals surface area contributed by atoms with Crippen LogP contribution in [0.4, 0.5) is 0 Å². The molecule has 0 aliphatic carbocycles. The SMILES string of the molecule is CCCN(C(=O)CCc1ncc(-c2ccc(Cl)cc2)o1)C1CCNC1. The van der Waals surface area contributed by atoms with Crippen molar-refractivity contribution >= 4 is 17.5 Å². The van der Waals surface area contributed by atoms with Gasteiger partial charge < -0.3 is 14.6 Å². The lowest BCUT2D eigenvalue weighted by molar-refractivity contribution is -0.133. The molecule has 0 saturated carbocycles. The number of nitrogens with one attached hydrogen (secondary N) is 1. The van der Waals surface area contributed by atoms with Gasteiger partial charge in [0.25, 0.3) is 0 Å². The first-order chi connectivity index (χ1) is 12.2. The molecule has 0 bridgehead atoms. The zero-order chi connectivity index (χ0) is 17.6. The second kappa shape index (κ2) is 8.50. The van der Waals surface area contributed by atoms with Gasteiger partial charge in [-0.25, -0.2) is 4.98 Å². The van der Waals surface area contributed by atoms with Crippen molar-refractivity contribution in [3.05, 3.63) is 41.4 Å². The number of aromatic nitrogens is 1. The Morgan fingerprint density at radius 3 is 2.88 bits per heavy atom. The molecule has 2 aromatic rings. The zero-order valence-corrected chi connectivity index (χ0v) is 15.3. The average molecular weight is 362 g/mol. The number of aryl methyl sites for hydroxylation is 1. The van der Waals surface area contributed by atoms with Crippen LogP contribution in [0.25, 0.3) is 11.3 Å². The van der Waals surface area contributed by atoms with E-state index in [1.165, 1.54) is 0 Å². The minimum atomic E-state index is 0.182. The highest BCUT2D eigenvalue weighted by Crippen LogP contribution is 2.23. The number of amides is 1. The van der Waals surface area contributed by atoms with E-state index in [2.05, 4.69) is 17.2 Å². The predicted molar refractivity (Wildman–Crippen MR) is 98.5 cm³/mol. The number of carbonyl (C=O) groups excluding carboxylic acids is 1. The third-order valence-corrected chi connectivity index (χ3v) is 4.75. The molecule has 2 heterocycles. The summed E-state index contributed by atoms with van der Waals surface area (Å²) in [6, 6.07) is 7.75. The van der Waals surface area contributed by atoms with Gasteiger partial charge in [-0.1, -0.05) is 18.5 Å². The maximum atomic E-state index is 12.6. The molecule has 5 nitrogen and oxygen atoms in total. The number of oxazole rings is 1. The van der Waals surface area contributed by atoms with Crippen molar-refractivity contribution in [2.75, 3.05) is 19.6 Å². The first kappa shape index (κ1) is 18.0. The highest BCUT2D eigenvalue weighted by molar-refractivity contribution is 6.30. The Bertz CT molecular complexity index is 693. The van der Waals surface area contributed by atoms with Gasteiger partial charge in [0.1, 0.15) is 0 Å². The monoisotopic (exact) mass is 361 g/mol. The van der Waals surface area contributed by atoms with Gasteiger partial charge in [0.15, 0.2) is 11.7 Å². The van der Waals surface area contributed by atoms with Gasteiger partial charge in [0.2, 0.25) is 5.91 Å². The lowest BCUT2D eigenvalue weighted by Gasteiger charge is -2.28. The minimum Gasteiger partial charge on any atom is -0.441 e. The molecular formula is C19H24ClN3O2. The molecule has 1 atom stereocenters. The Morgan fingerprint density at radius 2 is 2.20 bits per heavy atom. The fourth-order valence-corrected chi connectivity index (χ4v) is 3.31.